The van der Waals surface area contributed by atoms with Crippen molar-refractivity contribution in [3.63, 3.8) is 0 Å². The van der Waals surface area contributed by atoms with Gasteiger partial charge in [-0.05, 0) is 30.7 Å². The molecule has 7 heteroatoms. The third-order valence-electron chi connectivity index (χ3n) is 3.58. The fourth-order valence-electron chi connectivity index (χ4n) is 2.16. The van der Waals surface area contributed by atoms with Gasteiger partial charge in [0.2, 0.25) is 5.78 Å². The smallest absolute Gasteiger partial charge is 0.331 e. The summed E-state index contributed by atoms with van der Waals surface area (Å²) in [5, 5.41) is 10.9. The highest BCUT2D eigenvalue weighted by Gasteiger charge is 2.15. The second-order valence-electron chi connectivity index (χ2n) is 5.40. The van der Waals surface area contributed by atoms with E-state index in [1.807, 2.05) is 0 Å². The van der Waals surface area contributed by atoms with E-state index < -0.39 is 23.3 Å². The second kappa shape index (κ2) is 8.57. The first-order valence-electron chi connectivity index (χ1n) is 7.68. The first-order chi connectivity index (χ1) is 12.4. The van der Waals surface area contributed by atoms with Crippen LogP contribution in [0.5, 0.6) is 5.75 Å². The van der Waals surface area contributed by atoms with Crippen LogP contribution in [0.3, 0.4) is 0 Å². The van der Waals surface area contributed by atoms with E-state index in [0.29, 0.717) is 11.3 Å². The Kier molecular flexibility index (Phi) is 6.21. The fourth-order valence-corrected chi connectivity index (χ4v) is 2.16. The van der Waals surface area contributed by atoms with Crippen molar-refractivity contribution in [2.24, 2.45) is 0 Å². The van der Waals surface area contributed by atoms with Crippen LogP contribution >= 0.6 is 0 Å². The molecule has 0 atom stereocenters. The summed E-state index contributed by atoms with van der Waals surface area (Å²) in [6.07, 6.45) is 2.73. The summed E-state index contributed by atoms with van der Waals surface area (Å²) in [5.41, 5.74) is 1.15. The summed E-state index contributed by atoms with van der Waals surface area (Å²) in [6.45, 7) is 1.08. The van der Waals surface area contributed by atoms with E-state index in [4.69, 9.17) is 9.47 Å². The number of esters is 1. The van der Waals surface area contributed by atoms with Gasteiger partial charge in [-0.25, -0.2) is 4.79 Å². The third kappa shape index (κ3) is 5.01. The van der Waals surface area contributed by atoms with Crippen molar-refractivity contribution in [1.29, 1.82) is 0 Å². The molecule has 0 N–H and O–H groups in total. The quantitative estimate of drug-likeness (QED) is 0.248. The molecule has 0 radical (unpaired) electrons. The number of ether oxygens (including phenoxy) is 2. The van der Waals surface area contributed by atoms with Crippen molar-refractivity contribution in [1.82, 2.24) is 0 Å². The molecule has 0 unspecified atom stereocenters. The van der Waals surface area contributed by atoms with Crippen LogP contribution in [-0.2, 0) is 9.53 Å². The Morgan fingerprint density at radius 1 is 1.19 bits per heavy atom. The Bertz CT molecular complexity index is 872. The number of hydrogen-bond acceptors (Lipinski definition) is 6. The van der Waals surface area contributed by atoms with E-state index in [1.54, 1.807) is 31.2 Å². The number of rotatable bonds is 7. The van der Waals surface area contributed by atoms with E-state index in [2.05, 4.69) is 0 Å². The number of aryl methyl sites for hydroxylation is 1. The van der Waals surface area contributed by atoms with Crippen LogP contribution in [0.4, 0.5) is 5.69 Å². The Morgan fingerprint density at radius 3 is 2.65 bits per heavy atom. The number of carbonyl (C=O) groups is 2. The molecule has 0 fully saturated rings. The molecule has 0 bridgehead atoms. The van der Waals surface area contributed by atoms with Gasteiger partial charge in [-0.3, -0.25) is 14.9 Å². The van der Waals surface area contributed by atoms with Crippen LogP contribution in [0.25, 0.3) is 6.08 Å². The molecule has 2 rings (SSSR count). The van der Waals surface area contributed by atoms with E-state index in [0.717, 1.165) is 5.56 Å². The topological polar surface area (TPSA) is 95.7 Å². The number of methoxy groups -OCH3 is 1. The summed E-state index contributed by atoms with van der Waals surface area (Å²) >= 11 is 0. The number of hydrogen-bond donors (Lipinski definition) is 0. The number of carbonyl (C=O) groups excluding carboxylic acids is 2. The predicted octanol–water partition coefficient (Wildman–Crippen LogP) is 3.35. The molecule has 2 aromatic carbocycles. The van der Waals surface area contributed by atoms with Gasteiger partial charge < -0.3 is 9.47 Å². The number of Topliss-reactive ketones (excluding diaryl/α,β-unsaturated/α-hetero) is 1. The molecule has 0 saturated heterocycles. The summed E-state index contributed by atoms with van der Waals surface area (Å²) in [6, 6.07) is 11.2. The minimum atomic E-state index is -0.692. The molecule has 0 saturated carbocycles. The summed E-state index contributed by atoms with van der Waals surface area (Å²) < 4.78 is 9.97. The molecule has 0 amide bonds. The standard InChI is InChI=1S/C19H17NO6/c1-13-6-8-15(11-17(13)20(23)24)18(21)12-26-19(22)9-7-14-4-3-5-16(10-14)25-2/h3-11H,12H2,1-2H3/b9-7+. The van der Waals surface area contributed by atoms with Crippen LogP contribution in [0.2, 0.25) is 0 Å². The maximum Gasteiger partial charge on any atom is 0.331 e. The molecule has 26 heavy (non-hydrogen) atoms. The Balaban J connectivity index is 1.96. The zero-order valence-electron chi connectivity index (χ0n) is 14.3. The average Bonchev–Trinajstić information content (AvgIpc) is 2.64. The highest BCUT2D eigenvalue weighted by atomic mass is 16.6. The highest BCUT2D eigenvalue weighted by Crippen LogP contribution is 2.19. The Labute approximate surface area is 150 Å². The SMILES string of the molecule is COc1cccc(/C=C/C(=O)OCC(=O)c2ccc(C)c([N+](=O)[O-])c2)c1. The molecule has 0 aliphatic heterocycles. The van der Waals surface area contributed by atoms with Crippen molar-refractivity contribution in [3.05, 3.63) is 75.3 Å². The molecule has 0 aromatic heterocycles. The number of nitro benzene ring substituents is 1. The van der Waals surface area contributed by atoms with E-state index >= 15 is 0 Å². The molecular weight excluding hydrogens is 338 g/mol. The highest BCUT2D eigenvalue weighted by molar-refractivity contribution is 5.99. The van der Waals surface area contributed by atoms with E-state index in [9.17, 15) is 19.7 Å². The molecule has 0 aliphatic carbocycles. The van der Waals surface area contributed by atoms with Gasteiger partial charge >= 0.3 is 5.97 Å². The van der Waals surface area contributed by atoms with Gasteiger partial charge in [0.25, 0.3) is 5.69 Å². The lowest BCUT2D eigenvalue weighted by atomic mass is 10.1. The predicted molar refractivity (Wildman–Crippen MR) is 95.2 cm³/mol. The zero-order chi connectivity index (χ0) is 19.1. The second-order valence-corrected chi connectivity index (χ2v) is 5.40. The third-order valence-corrected chi connectivity index (χ3v) is 3.58. The van der Waals surface area contributed by atoms with Crippen molar-refractivity contribution < 1.29 is 24.0 Å². The Morgan fingerprint density at radius 2 is 1.96 bits per heavy atom. The normalized spacial score (nSPS) is 10.5. The maximum absolute atomic E-state index is 12.1. The van der Waals surface area contributed by atoms with Crippen LogP contribution in [-0.4, -0.2) is 30.4 Å². The van der Waals surface area contributed by atoms with Gasteiger partial charge in [0, 0.05) is 23.3 Å². The van der Waals surface area contributed by atoms with Crippen LogP contribution in [0.15, 0.2) is 48.5 Å². The minimum Gasteiger partial charge on any atom is -0.497 e. The lowest BCUT2D eigenvalue weighted by molar-refractivity contribution is -0.385. The average molecular weight is 355 g/mol. The molecule has 0 heterocycles. The number of nitrogens with zero attached hydrogens (tertiary/aromatic N) is 1. The largest absolute Gasteiger partial charge is 0.497 e. The summed E-state index contributed by atoms with van der Waals surface area (Å²) in [4.78, 5) is 34.1. The maximum atomic E-state index is 12.1. The molecule has 0 aliphatic rings. The van der Waals surface area contributed by atoms with Crippen LogP contribution < -0.4 is 4.74 Å². The number of nitro groups is 1. The first-order valence-corrected chi connectivity index (χ1v) is 7.68. The van der Waals surface area contributed by atoms with Crippen LogP contribution in [0, 0.1) is 17.0 Å². The van der Waals surface area contributed by atoms with Gasteiger partial charge in [0.1, 0.15) is 5.75 Å². The van der Waals surface area contributed by atoms with Gasteiger partial charge in [0.05, 0.1) is 12.0 Å². The molecular formula is C19H17NO6. The van der Waals surface area contributed by atoms with Gasteiger partial charge in [-0.1, -0.05) is 24.3 Å². The van der Waals surface area contributed by atoms with Crippen molar-refractivity contribution in [3.8, 4) is 5.75 Å². The monoisotopic (exact) mass is 355 g/mol. The van der Waals surface area contributed by atoms with Crippen molar-refractivity contribution in [2.75, 3.05) is 13.7 Å². The number of ketones is 1. The Hall–Kier alpha value is -3.48. The summed E-state index contributed by atoms with van der Waals surface area (Å²) in [5.74, 6) is -0.560. The van der Waals surface area contributed by atoms with Crippen molar-refractivity contribution >= 4 is 23.5 Å². The zero-order valence-corrected chi connectivity index (χ0v) is 14.3. The van der Waals surface area contributed by atoms with Gasteiger partial charge in [-0.2, -0.15) is 0 Å². The van der Waals surface area contributed by atoms with Crippen molar-refractivity contribution in [2.45, 2.75) is 6.92 Å². The molecule has 7 nitrogen and oxygen atoms in total. The number of benzene rings is 2. The summed E-state index contributed by atoms with van der Waals surface area (Å²) in [7, 11) is 1.54. The molecule has 134 valence electrons. The molecule has 0 spiro atoms. The minimum absolute atomic E-state index is 0.117. The van der Waals surface area contributed by atoms with Gasteiger partial charge in [0.15, 0.2) is 6.61 Å². The van der Waals surface area contributed by atoms with Crippen LogP contribution in [0.1, 0.15) is 21.5 Å². The fraction of sp³-hybridized carbons (Fsp3) is 0.158. The van der Waals surface area contributed by atoms with E-state index in [1.165, 1.54) is 37.5 Å². The van der Waals surface area contributed by atoms with Gasteiger partial charge in [-0.15, -0.1) is 0 Å². The lowest BCUT2D eigenvalue weighted by Gasteiger charge is -2.04. The lowest BCUT2D eigenvalue weighted by Crippen LogP contribution is -2.13. The molecule has 2 aromatic rings. The van der Waals surface area contributed by atoms with E-state index in [-0.39, 0.29) is 11.3 Å². The first kappa shape index (κ1) is 18.9.